The molecule has 0 atom stereocenters. The van der Waals surface area contributed by atoms with Crippen LogP contribution < -0.4 is 10.2 Å². The summed E-state index contributed by atoms with van der Waals surface area (Å²) in [6.07, 6.45) is 3.13. The lowest BCUT2D eigenvalue weighted by Gasteiger charge is -2.24. The standard InChI is InChI=1S/C14H15BrN2O3/c15-11-3-1-10(2-4-14(19)20)12(9-11)17-7-5-13(18)16-6-8-17/h1-4,9H,5-8H2,(H,16,18)(H,19,20). The number of hydrogen-bond donors (Lipinski definition) is 2. The van der Waals surface area contributed by atoms with Crippen molar-refractivity contribution in [3.8, 4) is 0 Å². The molecule has 106 valence electrons. The third kappa shape index (κ3) is 3.84. The fraction of sp³-hybridized carbons (Fsp3) is 0.286. The van der Waals surface area contributed by atoms with E-state index in [4.69, 9.17) is 5.11 Å². The Kier molecular flexibility index (Phi) is 4.79. The van der Waals surface area contributed by atoms with Crippen molar-refractivity contribution >= 4 is 39.6 Å². The topological polar surface area (TPSA) is 69.6 Å². The van der Waals surface area contributed by atoms with Crippen LogP contribution in [-0.4, -0.2) is 36.6 Å². The van der Waals surface area contributed by atoms with Gasteiger partial charge in [0.05, 0.1) is 0 Å². The summed E-state index contributed by atoms with van der Waals surface area (Å²) in [6, 6.07) is 5.67. The summed E-state index contributed by atoms with van der Waals surface area (Å²) in [7, 11) is 0. The molecule has 0 aliphatic carbocycles. The summed E-state index contributed by atoms with van der Waals surface area (Å²) in [5, 5.41) is 11.6. The number of nitrogens with one attached hydrogen (secondary N) is 1. The highest BCUT2D eigenvalue weighted by atomic mass is 79.9. The van der Waals surface area contributed by atoms with Gasteiger partial charge in [-0.25, -0.2) is 4.79 Å². The Morgan fingerprint density at radius 1 is 1.40 bits per heavy atom. The monoisotopic (exact) mass is 338 g/mol. The highest BCUT2D eigenvalue weighted by Crippen LogP contribution is 2.27. The van der Waals surface area contributed by atoms with E-state index >= 15 is 0 Å². The molecule has 20 heavy (non-hydrogen) atoms. The number of anilines is 1. The van der Waals surface area contributed by atoms with Crippen LogP contribution in [0.2, 0.25) is 0 Å². The Labute approximate surface area is 125 Å². The molecule has 1 amide bonds. The van der Waals surface area contributed by atoms with Gasteiger partial charge in [0.1, 0.15) is 0 Å². The number of nitrogens with zero attached hydrogens (tertiary/aromatic N) is 1. The normalized spacial score (nSPS) is 16.1. The van der Waals surface area contributed by atoms with Crippen molar-refractivity contribution in [1.29, 1.82) is 0 Å². The summed E-state index contributed by atoms with van der Waals surface area (Å²) in [5.41, 5.74) is 1.75. The molecule has 0 unspecified atom stereocenters. The van der Waals surface area contributed by atoms with Crippen LogP contribution in [0.5, 0.6) is 0 Å². The largest absolute Gasteiger partial charge is 0.478 e. The first-order valence-electron chi connectivity index (χ1n) is 6.28. The Balaban J connectivity index is 2.30. The molecule has 1 aromatic rings. The minimum Gasteiger partial charge on any atom is -0.478 e. The van der Waals surface area contributed by atoms with Gasteiger partial charge in [0.15, 0.2) is 0 Å². The molecule has 0 aromatic heterocycles. The lowest BCUT2D eigenvalue weighted by atomic mass is 10.1. The van der Waals surface area contributed by atoms with Crippen molar-refractivity contribution in [1.82, 2.24) is 5.32 Å². The molecule has 0 spiro atoms. The molecule has 6 heteroatoms. The van der Waals surface area contributed by atoms with Crippen molar-refractivity contribution < 1.29 is 14.7 Å². The van der Waals surface area contributed by atoms with E-state index in [9.17, 15) is 9.59 Å². The number of carboxylic acids is 1. The van der Waals surface area contributed by atoms with Crippen LogP contribution >= 0.6 is 15.9 Å². The number of hydrogen-bond acceptors (Lipinski definition) is 3. The van der Waals surface area contributed by atoms with Crippen molar-refractivity contribution in [3.63, 3.8) is 0 Å². The second kappa shape index (κ2) is 6.56. The van der Waals surface area contributed by atoms with Crippen LogP contribution in [0, 0.1) is 0 Å². The molecule has 1 saturated heterocycles. The van der Waals surface area contributed by atoms with E-state index in [0.717, 1.165) is 21.8 Å². The van der Waals surface area contributed by atoms with Gasteiger partial charge in [-0.05, 0) is 23.8 Å². The summed E-state index contributed by atoms with van der Waals surface area (Å²) < 4.78 is 0.920. The predicted molar refractivity (Wildman–Crippen MR) is 80.7 cm³/mol. The molecular formula is C14H15BrN2O3. The lowest BCUT2D eigenvalue weighted by Crippen LogP contribution is -2.28. The van der Waals surface area contributed by atoms with E-state index in [1.807, 2.05) is 18.2 Å². The summed E-state index contributed by atoms with van der Waals surface area (Å²) in [4.78, 5) is 24.1. The zero-order valence-electron chi connectivity index (χ0n) is 10.8. The number of carboxylic acid groups (broad SMARTS) is 1. The Morgan fingerprint density at radius 2 is 2.20 bits per heavy atom. The van der Waals surface area contributed by atoms with Gasteiger partial charge in [-0.2, -0.15) is 0 Å². The van der Waals surface area contributed by atoms with Crippen molar-refractivity contribution in [2.75, 3.05) is 24.5 Å². The molecule has 2 rings (SSSR count). The number of carbonyl (C=O) groups excluding carboxylic acids is 1. The third-order valence-corrected chi connectivity index (χ3v) is 3.54. The first kappa shape index (κ1) is 14.6. The molecule has 1 fully saturated rings. The smallest absolute Gasteiger partial charge is 0.328 e. The Hall–Kier alpha value is -1.82. The fourth-order valence-electron chi connectivity index (χ4n) is 2.10. The summed E-state index contributed by atoms with van der Waals surface area (Å²) >= 11 is 3.42. The van der Waals surface area contributed by atoms with Crippen LogP contribution in [0.15, 0.2) is 28.7 Å². The van der Waals surface area contributed by atoms with Crippen LogP contribution in [0.1, 0.15) is 12.0 Å². The highest BCUT2D eigenvalue weighted by molar-refractivity contribution is 9.10. The van der Waals surface area contributed by atoms with Gasteiger partial charge in [-0.3, -0.25) is 4.79 Å². The highest BCUT2D eigenvalue weighted by Gasteiger charge is 2.16. The average molecular weight is 339 g/mol. The number of rotatable bonds is 3. The molecule has 0 bridgehead atoms. The molecule has 1 aliphatic heterocycles. The molecule has 5 nitrogen and oxygen atoms in total. The van der Waals surface area contributed by atoms with E-state index in [1.54, 1.807) is 6.08 Å². The second-order valence-corrected chi connectivity index (χ2v) is 5.38. The number of halogens is 1. The van der Waals surface area contributed by atoms with Crippen LogP contribution in [0.3, 0.4) is 0 Å². The maximum absolute atomic E-state index is 11.4. The maximum Gasteiger partial charge on any atom is 0.328 e. The molecule has 0 radical (unpaired) electrons. The number of carbonyl (C=O) groups is 2. The molecule has 1 heterocycles. The van der Waals surface area contributed by atoms with E-state index < -0.39 is 5.97 Å². The molecule has 1 aliphatic rings. The van der Waals surface area contributed by atoms with E-state index in [-0.39, 0.29) is 5.91 Å². The SMILES string of the molecule is O=C(O)C=Cc1ccc(Br)cc1N1CCNC(=O)CC1. The Bertz CT molecular complexity index is 557. The first-order valence-corrected chi connectivity index (χ1v) is 7.08. The quantitative estimate of drug-likeness (QED) is 0.825. The Morgan fingerprint density at radius 3 is 2.95 bits per heavy atom. The van der Waals surface area contributed by atoms with Crippen LogP contribution in [0.25, 0.3) is 6.08 Å². The number of benzene rings is 1. The fourth-order valence-corrected chi connectivity index (χ4v) is 2.45. The van der Waals surface area contributed by atoms with E-state index in [1.165, 1.54) is 0 Å². The molecule has 2 N–H and O–H groups in total. The second-order valence-electron chi connectivity index (χ2n) is 4.46. The predicted octanol–water partition coefficient (Wildman–Crippen LogP) is 1.87. The van der Waals surface area contributed by atoms with Crippen molar-refractivity contribution in [3.05, 3.63) is 34.3 Å². The van der Waals surface area contributed by atoms with Gasteiger partial charge < -0.3 is 15.3 Å². The van der Waals surface area contributed by atoms with Gasteiger partial charge in [-0.15, -0.1) is 0 Å². The molecule has 1 aromatic carbocycles. The van der Waals surface area contributed by atoms with Gasteiger partial charge in [0.25, 0.3) is 0 Å². The van der Waals surface area contributed by atoms with Gasteiger partial charge in [0.2, 0.25) is 5.91 Å². The minimum absolute atomic E-state index is 0.0464. The number of aliphatic carboxylic acids is 1. The van der Waals surface area contributed by atoms with Crippen molar-refractivity contribution in [2.45, 2.75) is 6.42 Å². The van der Waals surface area contributed by atoms with E-state index in [0.29, 0.717) is 26.1 Å². The van der Waals surface area contributed by atoms with Gasteiger partial charge in [-0.1, -0.05) is 22.0 Å². The zero-order valence-corrected chi connectivity index (χ0v) is 12.4. The zero-order chi connectivity index (χ0) is 14.5. The minimum atomic E-state index is -0.980. The number of amides is 1. The van der Waals surface area contributed by atoms with Gasteiger partial charge >= 0.3 is 5.97 Å². The van der Waals surface area contributed by atoms with E-state index in [2.05, 4.69) is 26.1 Å². The first-order chi connectivity index (χ1) is 9.56. The lowest BCUT2D eigenvalue weighted by molar-refractivity contribution is -0.131. The average Bonchev–Trinajstić information content (AvgIpc) is 2.62. The van der Waals surface area contributed by atoms with Gasteiger partial charge in [0, 0.05) is 42.3 Å². The molecule has 0 saturated carbocycles. The van der Waals surface area contributed by atoms with Crippen molar-refractivity contribution in [2.24, 2.45) is 0 Å². The third-order valence-electron chi connectivity index (χ3n) is 3.05. The van der Waals surface area contributed by atoms with Crippen LogP contribution in [0.4, 0.5) is 5.69 Å². The molecular weight excluding hydrogens is 324 g/mol. The van der Waals surface area contributed by atoms with Crippen LogP contribution in [-0.2, 0) is 9.59 Å². The summed E-state index contributed by atoms with van der Waals surface area (Å²) in [6.45, 7) is 1.92. The maximum atomic E-state index is 11.4. The summed E-state index contributed by atoms with van der Waals surface area (Å²) in [5.74, 6) is -0.934.